The molecule has 0 bridgehead atoms. The monoisotopic (exact) mass is 365 g/mol. The molecule has 3 rings (SSSR count). The minimum atomic E-state index is -0.321. The molecule has 2 heteroatoms. The molecule has 0 aromatic heterocycles. The third-order valence-electron chi connectivity index (χ3n) is 5.52. The summed E-state index contributed by atoms with van der Waals surface area (Å²) in [5.74, 6) is 0.226. The molecule has 1 aliphatic rings. The molecule has 0 heterocycles. The first-order valence-electron chi connectivity index (χ1n) is 10.6. The number of nitrogens with one attached hydrogen (secondary N) is 1. The van der Waals surface area contributed by atoms with Crippen LogP contribution in [0.4, 0.5) is 0 Å². The maximum absolute atomic E-state index is 13.1. The molecule has 27 heavy (non-hydrogen) atoms. The molecule has 0 spiro atoms. The number of benzene rings is 2. The van der Waals surface area contributed by atoms with Crippen LogP contribution in [0, 0.1) is 6.92 Å². The van der Waals surface area contributed by atoms with Crippen molar-refractivity contribution in [2.75, 3.05) is 6.54 Å². The van der Waals surface area contributed by atoms with Gasteiger partial charge in [-0.2, -0.15) is 0 Å². The topological polar surface area (TPSA) is 29.1 Å². The van der Waals surface area contributed by atoms with Gasteiger partial charge >= 0.3 is 0 Å². The van der Waals surface area contributed by atoms with Gasteiger partial charge in [0, 0.05) is 6.54 Å². The van der Waals surface area contributed by atoms with E-state index in [4.69, 9.17) is 0 Å². The van der Waals surface area contributed by atoms with Crippen LogP contribution in [0.15, 0.2) is 54.6 Å². The molecule has 1 saturated carbocycles. The van der Waals surface area contributed by atoms with Crippen LogP contribution in [0.3, 0.4) is 0 Å². The predicted molar refractivity (Wildman–Crippen MR) is 115 cm³/mol. The second-order valence-corrected chi connectivity index (χ2v) is 7.35. The van der Waals surface area contributed by atoms with Gasteiger partial charge in [0.15, 0.2) is 0 Å². The zero-order chi connectivity index (χ0) is 19.5. The van der Waals surface area contributed by atoms with Crippen LogP contribution in [-0.4, -0.2) is 12.5 Å². The first kappa shape index (κ1) is 21.2. The van der Waals surface area contributed by atoms with E-state index in [1.165, 1.54) is 23.1 Å². The SMILES string of the molecule is CC.Cc1ccc(C2(C(=O)NCCCc3ccccc3)CCCCC2)cc1. The van der Waals surface area contributed by atoms with Crippen molar-refractivity contribution in [3.8, 4) is 0 Å². The molecular formula is C25H35NO. The molecule has 1 fully saturated rings. The number of hydrogen-bond donors (Lipinski definition) is 1. The van der Waals surface area contributed by atoms with E-state index in [1.54, 1.807) is 0 Å². The highest BCUT2D eigenvalue weighted by molar-refractivity contribution is 5.88. The smallest absolute Gasteiger partial charge is 0.230 e. The highest BCUT2D eigenvalue weighted by Gasteiger charge is 2.40. The van der Waals surface area contributed by atoms with Gasteiger partial charge in [-0.05, 0) is 43.7 Å². The molecule has 2 aromatic rings. The van der Waals surface area contributed by atoms with Gasteiger partial charge in [-0.15, -0.1) is 0 Å². The minimum Gasteiger partial charge on any atom is -0.355 e. The largest absolute Gasteiger partial charge is 0.355 e. The third-order valence-corrected chi connectivity index (χ3v) is 5.52. The molecule has 2 nitrogen and oxygen atoms in total. The summed E-state index contributed by atoms with van der Waals surface area (Å²) in [6.45, 7) is 6.85. The van der Waals surface area contributed by atoms with Crippen LogP contribution in [-0.2, 0) is 16.6 Å². The zero-order valence-electron chi connectivity index (χ0n) is 17.3. The number of rotatable bonds is 6. The van der Waals surface area contributed by atoms with Gasteiger partial charge in [0.1, 0.15) is 0 Å². The second kappa shape index (κ2) is 10.9. The van der Waals surface area contributed by atoms with Gasteiger partial charge in [0.25, 0.3) is 0 Å². The van der Waals surface area contributed by atoms with Crippen molar-refractivity contribution in [3.05, 3.63) is 71.3 Å². The second-order valence-electron chi connectivity index (χ2n) is 7.35. The fourth-order valence-corrected chi connectivity index (χ4v) is 3.98. The lowest BCUT2D eigenvalue weighted by molar-refractivity contribution is -0.128. The highest BCUT2D eigenvalue weighted by Crippen LogP contribution is 2.39. The van der Waals surface area contributed by atoms with E-state index < -0.39 is 0 Å². The van der Waals surface area contributed by atoms with E-state index in [1.807, 2.05) is 19.9 Å². The van der Waals surface area contributed by atoms with Crippen LogP contribution >= 0.6 is 0 Å². The lowest BCUT2D eigenvalue weighted by Gasteiger charge is -2.36. The van der Waals surface area contributed by atoms with Gasteiger partial charge in [-0.3, -0.25) is 4.79 Å². The summed E-state index contributed by atoms with van der Waals surface area (Å²) in [6.07, 6.45) is 7.48. The van der Waals surface area contributed by atoms with Crippen LogP contribution < -0.4 is 5.32 Å². The molecule has 1 N–H and O–H groups in total. The van der Waals surface area contributed by atoms with Gasteiger partial charge < -0.3 is 5.32 Å². The molecular weight excluding hydrogens is 330 g/mol. The van der Waals surface area contributed by atoms with E-state index in [9.17, 15) is 4.79 Å². The third kappa shape index (κ3) is 5.69. The average molecular weight is 366 g/mol. The molecule has 1 aliphatic carbocycles. The first-order valence-corrected chi connectivity index (χ1v) is 10.6. The number of amides is 1. The van der Waals surface area contributed by atoms with Crippen molar-refractivity contribution in [2.45, 2.75) is 71.1 Å². The Morgan fingerprint density at radius 3 is 2.19 bits per heavy atom. The molecule has 0 aliphatic heterocycles. The molecule has 1 amide bonds. The fraction of sp³-hybridized carbons (Fsp3) is 0.480. The van der Waals surface area contributed by atoms with Crippen molar-refractivity contribution in [3.63, 3.8) is 0 Å². The molecule has 146 valence electrons. The summed E-state index contributed by atoms with van der Waals surface area (Å²) < 4.78 is 0. The minimum absolute atomic E-state index is 0.226. The van der Waals surface area contributed by atoms with E-state index in [0.29, 0.717) is 0 Å². The average Bonchev–Trinajstić information content (AvgIpc) is 2.74. The summed E-state index contributed by atoms with van der Waals surface area (Å²) in [5, 5.41) is 3.24. The molecule has 0 atom stereocenters. The van der Waals surface area contributed by atoms with Crippen molar-refractivity contribution in [2.24, 2.45) is 0 Å². The Bertz CT molecular complexity index is 669. The van der Waals surface area contributed by atoms with Crippen molar-refractivity contribution >= 4 is 5.91 Å². The Morgan fingerprint density at radius 2 is 1.56 bits per heavy atom. The Balaban J connectivity index is 0.00000126. The number of aryl methyl sites for hydroxylation is 2. The lowest BCUT2D eigenvalue weighted by Crippen LogP contribution is -2.46. The van der Waals surface area contributed by atoms with Gasteiger partial charge in [-0.25, -0.2) is 0 Å². The Morgan fingerprint density at radius 1 is 0.926 bits per heavy atom. The fourth-order valence-electron chi connectivity index (χ4n) is 3.98. The highest BCUT2D eigenvalue weighted by atomic mass is 16.2. The summed E-state index contributed by atoms with van der Waals surface area (Å²) in [7, 11) is 0. The normalized spacial score (nSPS) is 15.4. The summed E-state index contributed by atoms with van der Waals surface area (Å²) in [6, 6.07) is 19.1. The van der Waals surface area contributed by atoms with Crippen LogP contribution in [0.1, 0.15) is 69.1 Å². The zero-order valence-corrected chi connectivity index (χ0v) is 17.3. The molecule has 0 radical (unpaired) electrons. The summed E-state index contributed by atoms with van der Waals surface area (Å²) in [5.41, 5.74) is 3.46. The number of carbonyl (C=O) groups excluding carboxylic acids is 1. The lowest BCUT2D eigenvalue weighted by atomic mass is 9.68. The van der Waals surface area contributed by atoms with E-state index >= 15 is 0 Å². The van der Waals surface area contributed by atoms with Gasteiger partial charge in [-0.1, -0.05) is 93.3 Å². The van der Waals surface area contributed by atoms with Crippen LogP contribution in [0.25, 0.3) is 0 Å². The first-order chi connectivity index (χ1) is 13.2. The van der Waals surface area contributed by atoms with Crippen LogP contribution in [0.2, 0.25) is 0 Å². The molecule has 2 aromatic carbocycles. The van der Waals surface area contributed by atoms with Crippen molar-refractivity contribution < 1.29 is 4.79 Å². The van der Waals surface area contributed by atoms with Gasteiger partial charge in [0.2, 0.25) is 5.91 Å². The predicted octanol–water partition coefficient (Wildman–Crippen LogP) is 5.97. The quantitative estimate of drug-likeness (QED) is 0.628. The van der Waals surface area contributed by atoms with E-state index in [-0.39, 0.29) is 11.3 Å². The number of hydrogen-bond acceptors (Lipinski definition) is 1. The van der Waals surface area contributed by atoms with Crippen molar-refractivity contribution in [1.82, 2.24) is 5.32 Å². The maximum atomic E-state index is 13.1. The molecule has 0 unspecified atom stereocenters. The Labute approximate surface area is 165 Å². The van der Waals surface area contributed by atoms with Crippen LogP contribution in [0.5, 0.6) is 0 Å². The Hall–Kier alpha value is -2.09. The Kier molecular flexibility index (Phi) is 8.57. The van der Waals surface area contributed by atoms with E-state index in [2.05, 4.69) is 60.8 Å². The van der Waals surface area contributed by atoms with Crippen molar-refractivity contribution in [1.29, 1.82) is 0 Å². The van der Waals surface area contributed by atoms with E-state index in [0.717, 1.165) is 45.1 Å². The summed E-state index contributed by atoms with van der Waals surface area (Å²) in [4.78, 5) is 13.1. The van der Waals surface area contributed by atoms with Gasteiger partial charge in [0.05, 0.1) is 5.41 Å². The number of carbonyl (C=O) groups is 1. The molecule has 0 saturated heterocycles. The summed E-state index contributed by atoms with van der Waals surface area (Å²) >= 11 is 0. The maximum Gasteiger partial charge on any atom is 0.230 e. The standard InChI is InChI=1S/C23H29NO.C2H6/c1-19-12-14-21(15-13-19)23(16-6-3-7-17-23)22(25)24-18-8-11-20-9-4-2-5-10-20;1-2/h2,4-5,9-10,12-15H,3,6-8,11,16-18H2,1H3,(H,24,25);1-2H3.